The van der Waals surface area contributed by atoms with Gasteiger partial charge in [0.15, 0.2) is 44.0 Å². The van der Waals surface area contributed by atoms with Gasteiger partial charge in [0.2, 0.25) is 0 Å². The summed E-state index contributed by atoms with van der Waals surface area (Å²) in [6.07, 6.45) is -69.0. The third kappa shape index (κ3) is 12.8. The highest BCUT2D eigenvalue weighted by atomic mass is 16.8. The molecule has 15 fully saturated rings. The van der Waals surface area contributed by atoms with Gasteiger partial charge in [-0.3, -0.25) is 0 Å². The second-order valence-electron chi connectivity index (χ2n) is 20.3. The van der Waals surface area contributed by atoms with Crippen molar-refractivity contribution in [2.45, 2.75) is 215 Å². The fourth-order valence-electron chi connectivity index (χ4n) is 10.8. The number of aliphatic hydroxyl groups excluding tert-OH is 20. The zero-order chi connectivity index (χ0) is 58.2. The molecule has 0 spiro atoms. The Balaban J connectivity index is 1.09. The second kappa shape index (κ2) is 27.9. The SMILES string of the molecule is NCCO[C@H]1[C@H]2O[C@H]3[C@H](O)[C@@H](O)[C@@H](O[C@H]4[C@H](O)[C@@H](O)[C@@H](O[C@H]5[C@H](O)[C@@H](O)[C@@H](O[C@H]6[C@H](O)[C@@H](O)[C@@H](O[C@H]7[C@H](O)[C@@H](O)[C@@H](O[C@H]8[C@H](O)[C@@H](O)[C@@H](O[C@@H]([C@@H]1O)[C@@H](CO)O2)O[C@@H]8CO)O[C@@H]7CO)O[C@@H]6CO)O[C@@H]5CO)O[C@@H]4CO)O[C@@H]3CO. The maximum atomic E-state index is 11.8. The predicted octanol–water partition coefficient (Wildman–Crippen LogP) is -15.2. The van der Waals surface area contributed by atoms with Crippen LogP contribution in [0.3, 0.4) is 0 Å². The lowest BCUT2D eigenvalue weighted by atomic mass is 9.95. The van der Waals surface area contributed by atoms with Crippen LogP contribution < -0.4 is 5.73 Å². The van der Waals surface area contributed by atoms with E-state index in [4.69, 9.17) is 76.8 Å². The Morgan fingerprint density at radius 3 is 0.600 bits per heavy atom. The molecule has 0 aromatic carbocycles. The molecule has 0 amide bonds. The maximum Gasteiger partial charge on any atom is 0.187 e. The first-order valence-electron chi connectivity index (χ1n) is 25.8. The summed E-state index contributed by atoms with van der Waals surface area (Å²) in [4.78, 5) is 0. The van der Waals surface area contributed by atoms with Crippen molar-refractivity contribution in [3.05, 3.63) is 0 Å². The summed E-state index contributed by atoms with van der Waals surface area (Å²) in [5, 5.41) is 221. The van der Waals surface area contributed by atoms with Crippen LogP contribution in [0.25, 0.3) is 0 Å². The third-order valence-electron chi connectivity index (χ3n) is 15.2. The van der Waals surface area contributed by atoms with Crippen molar-refractivity contribution in [2.24, 2.45) is 5.73 Å². The maximum absolute atomic E-state index is 11.8. The fraction of sp³-hybridized carbons (Fsp3) is 1.00. The number of aliphatic hydroxyl groups is 20. The average molecular weight is 1180 g/mol. The first-order valence-corrected chi connectivity index (χ1v) is 25.8. The molecule has 15 aliphatic heterocycles. The molecule has 466 valence electrons. The zero-order valence-corrected chi connectivity index (χ0v) is 42.2. The summed E-state index contributed by atoms with van der Waals surface area (Å²) in [5.74, 6) is 0. The summed E-state index contributed by atoms with van der Waals surface area (Å²) < 4.78 is 86.5. The molecule has 0 saturated carbocycles. The standard InChI is InChI=1S/C44H75NO35/c45-1-2-66-37-29(65)36-16(9-52)73-44(37)80-35-15(8-51)72-42(28(64)22(35)58)78-33-13(6-49)70-40(26(62)20(33)56)76-31-11(4-47)68-38(24(60)18(31)54)74-30-10(3-46)67-39(23(59)17(30)53)75-32-12(5-48)69-41(25(61)19(32)55)77-34-14(7-50)71-43(79-36)27(63)21(34)57/h10-44,46-65H,1-9,45H2/t10-,11-,12-,13-,14-,15-,16-,17-,18-,19-,20-,21-,22-,23-,24-,25-,26-,27-,28-,29+,30-,31-,32-,33-,34-,35-,36-,37-,38-,39-,40-,41-,42-,43-,44-/m1/s1. The number of hydrogen-bond donors (Lipinski definition) is 21. The van der Waals surface area contributed by atoms with E-state index in [9.17, 15) is 102 Å². The van der Waals surface area contributed by atoms with Crippen molar-refractivity contribution >= 4 is 0 Å². The largest absolute Gasteiger partial charge is 0.394 e. The molecule has 36 nitrogen and oxygen atoms in total. The van der Waals surface area contributed by atoms with Crippen LogP contribution in [0.2, 0.25) is 0 Å². The smallest absolute Gasteiger partial charge is 0.187 e. The average Bonchev–Trinajstić information content (AvgIpc) is 3.54. The van der Waals surface area contributed by atoms with Crippen molar-refractivity contribution in [3.8, 4) is 0 Å². The molecule has 22 N–H and O–H groups in total. The molecular formula is C44H75NO35. The highest BCUT2D eigenvalue weighted by Gasteiger charge is 2.60. The molecule has 15 saturated heterocycles. The molecule has 14 bridgehead atoms. The number of rotatable bonds is 10. The lowest BCUT2D eigenvalue weighted by molar-refractivity contribution is -0.398. The van der Waals surface area contributed by atoms with E-state index >= 15 is 0 Å². The van der Waals surface area contributed by atoms with E-state index in [1.165, 1.54) is 0 Å². The zero-order valence-electron chi connectivity index (χ0n) is 42.2. The molecule has 35 atom stereocenters. The van der Waals surface area contributed by atoms with Gasteiger partial charge in [-0.1, -0.05) is 0 Å². The van der Waals surface area contributed by atoms with Crippen molar-refractivity contribution in [1.29, 1.82) is 0 Å². The Hall–Kier alpha value is -1.44. The van der Waals surface area contributed by atoms with Gasteiger partial charge < -0.3 is 179 Å². The molecule has 0 radical (unpaired) electrons. The minimum atomic E-state index is -2.21. The van der Waals surface area contributed by atoms with Crippen molar-refractivity contribution in [2.75, 3.05) is 59.4 Å². The summed E-state index contributed by atoms with van der Waals surface area (Å²) >= 11 is 0. The molecule has 0 aliphatic carbocycles. The highest BCUT2D eigenvalue weighted by Crippen LogP contribution is 2.39. The summed E-state index contributed by atoms with van der Waals surface area (Å²) in [5.41, 5.74) is 5.68. The first-order chi connectivity index (χ1) is 38.2. The normalized spacial score (nSPS) is 53.7. The van der Waals surface area contributed by atoms with E-state index in [1.807, 2.05) is 0 Å². The van der Waals surface area contributed by atoms with E-state index in [0.717, 1.165) is 0 Å². The molecule has 36 heteroatoms. The Kier molecular flexibility index (Phi) is 22.5. The van der Waals surface area contributed by atoms with E-state index in [1.54, 1.807) is 0 Å². The van der Waals surface area contributed by atoms with Crippen molar-refractivity contribution in [3.63, 3.8) is 0 Å². The molecular weight excluding hydrogens is 1100 g/mol. The van der Waals surface area contributed by atoms with Gasteiger partial charge in [-0.2, -0.15) is 0 Å². The number of nitrogens with two attached hydrogens (primary N) is 1. The monoisotopic (exact) mass is 1180 g/mol. The molecule has 15 aliphatic rings. The minimum Gasteiger partial charge on any atom is -0.394 e. The van der Waals surface area contributed by atoms with Gasteiger partial charge in [0.25, 0.3) is 0 Å². The predicted molar refractivity (Wildman–Crippen MR) is 241 cm³/mol. The molecule has 0 aromatic rings. The number of fused-ring (bicyclic) bond motifs is 7. The van der Waals surface area contributed by atoms with E-state index in [0.29, 0.717) is 0 Å². The van der Waals surface area contributed by atoms with Gasteiger partial charge in [0.05, 0.1) is 52.9 Å². The van der Waals surface area contributed by atoms with Crippen LogP contribution in [0.5, 0.6) is 0 Å². The Morgan fingerprint density at radius 2 is 0.412 bits per heavy atom. The van der Waals surface area contributed by atoms with Crippen LogP contribution >= 0.6 is 0 Å². The van der Waals surface area contributed by atoms with Crippen LogP contribution in [0.1, 0.15) is 0 Å². The van der Waals surface area contributed by atoms with E-state index in [2.05, 4.69) is 0 Å². The summed E-state index contributed by atoms with van der Waals surface area (Å²) in [6.45, 7) is -7.75. The van der Waals surface area contributed by atoms with E-state index in [-0.39, 0.29) is 13.2 Å². The Morgan fingerprint density at radius 1 is 0.237 bits per heavy atom. The van der Waals surface area contributed by atoms with Crippen LogP contribution in [0, 0.1) is 0 Å². The van der Waals surface area contributed by atoms with Gasteiger partial charge in [0, 0.05) is 6.54 Å². The van der Waals surface area contributed by atoms with Crippen molar-refractivity contribution < 1.29 is 173 Å². The first kappa shape index (κ1) is 64.6. The van der Waals surface area contributed by atoms with Gasteiger partial charge in [-0.15, -0.1) is 0 Å². The van der Waals surface area contributed by atoms with Gasteiger partial charge >= 0.3 is 0 Å². The van der Waals surface area contributed by atoms with Crippen molar-refractivity contribution in [1.82, 2.24) is 0 Å². The van der Waals surface area contributed by atoms with Crippen LogP contribution in [-0.2, 0) is 71.1 Å². The second-order valence-corrected chi connectivity index (χ2v) is 20.3. The highest BCUT2D eigenvalue weighted by molar-refractivity contribution is 5.02. The van der Waals surface area contributed by atoms with Crippen LogP contribution in [-0.4, -0.2) is 376 Å². The Bertz CT molecular complexity index is 1880. The summed E-state index contributed by atoms with van der Waals surface area (Å²) in [7, 11) is 0. The van der Waals surface area contributed by atoms with Crippen LogP contribution in [0.15, 0.2) is 0 Å². The molecule has 0 unspecified atom stereocenters. The number of hydrogen-bond acceptors (Lipinski definition) is 36. The van der Waals surface area contributed by atoms with Gasteiger partial charge in [0.1, 0.15) is 171 Å². The minimum absolute atomic E-state index is 0.184. The van der Waals surface area contributed by atoms with E-state index < -0.39 is 261 Å². The fourth-order valence-corrected chi connectivity index (χ4v) is 10.8. The van der Waals surface area contributed by atoms with Gasteiger partial charge in [-0.25, -0.2) is 0 Å². The lowest BCUT2D eigenvalue weighted by Crippen LogP contribution is -2.68. The topological polar surface area (TPSA) is 569 Å². The number of ether oxygens (including phenoxy) is 15. The summed E-state index contributed by atoms with van der Waals surface area (Å²) in [6, 6.07) is 0. The molecule has 80 heavy (non-hydrogen) atoms. The molecule has 15 heterocycles. The third-order valence-corrected chi connectivity index (χ3v) is 15.2. The quantitative estimate of drug-likeness (QED) is 0.0966. The lowest BCUT2D eigenvalue weighted by Gasteiger charge is -2.50. The van der Waals surface area contributed by atoms with Gasteiger partial charge in [-0.05, 0) is 0 Å². The molecule has 0 aromatic heterocycles. The Labute approximate surface area is 452 Å². The van der Waals surface area contributed by atoms with Crippen LogP contribution in [0.4, 0.5) is 0 Å². The molecule has 15 rings (SSSR count).